The standard InChI is InChI=1S/C25H37F3O/c1-2-3-4-19-7-13-22(14-8-19)23-15-9-20(10-16-23)5-6-21-11-17-24(18-12-21)29-25(26,27)28/h11-12,17-20,22-23H,2-10,13-16H2,1H3. The van der Waals surface area contributed by atoms with Crippen LogP contribution in [0.2, 0.25) is 0 Å². The van der Waals surface area contributed by atoms with Crippen LogP contribution in [0.4, 0.5) is 13.2 Å². The number of ether oxygens (including phenoxy) is 1. The van der Waals surface area contributed by atoms with E-state index < -0.39 is 6.36 Å². The molecular formula is C25H37F3O. The van der Waals surface area contributed by atoms with Gasteiger partial charge in [-0.2, -0.15) is 0 Å². The highest BCUT2D eigenvalue weighted by molar-refractivity contribution is 5.27. The number of alkyl halides is 3. The van der Waals surface area contributed by atoms with Crippen molar-refractivity contribution in [3.8, 4) is 5.75 Å². The van der Waals surface area contributed by atoms with Gasteiger partial charge in [0.25, 0.3) is 0 Å². The van der Waals surface area contributed by atoms with E-state index in [1.54, 1.807) is 12.1 Å². The second-order valence-corrected chi connectivity index (χ2v) is 9.43. The third-order valence-corrected chi connectivity index (χ3v) is 7.41. The Morgan fingerprint density at radius 3 is 1.79 bits per heavy atom. The highest BCUT2D eigenvalue weighted by atomic mass is 19.4. The van der Waals surface area contributed by atoms with Gasteiger partial charge in [-0.1, -0.05) is 64.0 Å². The van der Waals surface area contributed by atoms with Crippen molar-refractivity contribution in [2.24, 2.45) is 23.7 Å². The van der Waals surface area contributed by atoms with Crippen molar-refractivity contribution in [3.63, 3.8) is 0 Å². The molecule has 0 amide bonds. The van der Waals surface area contributed by atoms with Gasteiger partial charge in [0.15, 0.2) is 0 Å². The summed E-state index contributed by atoms with van der Waals surface area (Å²) in [6.07, 6.45) is 12.9. The lowest BCUT2D eigenvalue weighted by Gasteiger charge is -2.38. The molecule has 2 fully saturated rings. The van der Waals surface area contributed by atoms with Gasteiger partial charge in [-0.05, 0) is 79.9 Å². The van der Waals surface area contributed by atoms with Crippen LogP contribution in [0.3, 0.4) is 0 Å². The van der Waals surface area contributed by atoms with Gasteiger partial charge in [-0.25, -0.2) is 0 Å². The minimum absolute atomic E-state index is 0.133. The summed E-state index contributed by atoms with van der Waals surface area (Å²) in [4.78, 5) is 0. The molecule has 3 rings (SSSR count). The Hall–Kier alpha value is -1.19. The molecule has 0 heterocycles. The van der Waals surface area contributed by atoms with Crippen LogP contribution in [0.1, 0.15) is 89.5 Å². The highest BCUT2D eigenvalue weighted by Crippen LogP contribution is 2.43. The van der Waals surface area contributed by atoms with Crippen molar-refractivity contribution in [1.29, 1.82) is 0 Å². The van der Waals surface area contributed by atoms with E-state index in [0.717, 1.165) is 42.1 Å². The number of halogens is 3. The second-order valence-electron chi connectivity index (χ2n) is 9.43. The van der Waals surface area contributed by atoms with Gasteiger partial charge in [0.05, 0.1) is 0 Å². The molecule has 1 aromatic carbocycles. The summed E-state index contributed by atoms with van der Waals surface area (Å²) in [6.45, 7) is 2.29. The van der Waals surface area contributed by atoms with E-state index in [2.05, 4.69) is 11.7 Å². The van der Waals surface area contributed by atoms with Crippen LogP contribution in [-0.2, 0) is 6.42 Å². The summed E-state index contributed by atoms with van der Waals surface area (Å²) < 4.78 is 40.7. The number of hydrogen-bond donors (Lipinski definition) is 0. The fourth-order valence-electron chi connectivity index (χ4n) is 5.62. The van der Waals surface area contributed by atoms with Crippen molar-refractivity contribution in [2.45, 2.75) is 96.8 Å². The van der Waals surface area contributed by atoms with Crippen molar-refractivity contribution in [1.82, 2.24) is 0 Å². The normalized spacial score (nSPS) is 28.3. The average Bonchev–Trinajstić information content (AvgIpc) is 2.71. The molecule has 2 aliphatic rings. The van der Waals surface area contributed by atoms with Gasteiger partial charge in [0.1, 0.15) is 5.75 Å². The molecule has 0 radical (unpaired) electrons. The third-order valence-electron chi connectivity index (χ3n) is 7.41. The lowest BCUT2D eigenvalue weighted by atomic mass is 9.68. The topological polar surface area (TPSA) is 9.23 Å². The Balaban J connectivity index is 1.34. The lowest BCUT2D eigenvalue weighted by molar-refractivity contribution is -0.274. The minimum atomic E-state index is -4.62. The first-order valence-electron chi connectivity index (χ1n) is 11.8. The summed E-state index contributed by atoms with van der Waals surface area (Å²) in [6, 6.07) is 6.39. The number of rotatable bonds is 8. The summed E-state index contributed by atoms with van der Waals surface area (Å²) in [5.74, 6) is 3.55. The zero-order valence-corrected chi connectivity index (χ0v) is 17.9. The minimum Gasteiger partial charge on any atom is -0.406 e. The molecule has 1 nitrogen and oxygen atoms in total. The molecule has 164 valence electrons. The Morgan fingerprint density at radius 2 is 1.31 bits per heavy atom. The maximum absolute atomic E-state index is 12.2. The molecule has 0 N–H and O–H groups in total. The van der Waals surface area contributed by atoms with Gasteiger partial charge in [0, 0.05) is 0 Å². The van der Waals surface area contributed by atoms with Gasteiger partial charge in [0.2, 0.25) is 0 Å². The summed E-state index contributed by atoms with van der Waals surface area (Å²) in [5, 5.41) is 0. The Bertz CT molecular complexity index is 579. The Kier molecular flexibility index (Phi) is 8.32. The molecule has 2 aliphatic carbocycles. The second kappa shape index (κ2) is 10.7. The highest BCUT2D eigenvalue weighted by Gasteiger charge is 2.31. The molecule has 0 saturated heterocycles. The summed E-state index contributed by atoms with van der Waals surface area (Å²) >= 11 is 0. The van der Waals surface area contributed by atoms with Gasteiger partial charge < -0.3 is 4.74 Å². The molecule has 2 saturated carbocycles. The number of hydrogen-bond acceptors (Lipinski definition) is 1. The molecule has 0 aromatic heterocycles. The van der Waals surface area contributed by atoms with Crippen molar-refractivity contribution in [2.75, 3.05) is 0 Å². The van der Waals surface area contributed by atoms with Crippen LogP contribution in [0.25, 0.3) is 0 Å². The van der Waals surface area contributed by atoms with E-state index in [1.165, 1.54) is 82.8 Å². The van der Waals surface area contributed by atoms with E-state index in [1.807, 2.05) is 0 Å². The largest absolute Gasteiger partial charge is 0.573 e. The number of aryl methyl sites for hydroxylation is 1. The predicted molar refractivity (Wildman–Crippen MR) is 112 cm³/mol. The molecule has 0 spiro atoms. The molecule has 1 aromatic rings. The van der Waals surface area contributed by atoms with Crippen LogP contribution < -0.4 is 4.74 Å². The van der Waals surface area contributed by atoms with Crippen molar-refractivity contribution < 1.29 is 17.9 Å². The fourth-order valence-corrected chi connectivity index (χ4v) is 5.62. The third kappa shape index (κ3) is 7.53. The van der Waals surface area contributed by atoms with E-state index in [4.69, 9.17) is 0 Å². The van der Waals surface area contributed by atoms with E-state index >= 15 is 0 Å². The lowest BCUT2D eigenvalue weighted by Crippen LogP contribution is -2.26. The maximum atomic E-state index is 12.2. The first-order valence-corrected chi connectivity index (χ1v) is 11.8. The van der Waals surface area contributed by atoms with Gasteiger partial charge in [-0.15, -0.1) is 13.2 Å². The zero-order valence-electron chi connectivity index (χ0n) is 17.9. The summed E-state index contributed by atoms with van der Waals surface area (Å²) in [7, 11) is 0. The molecule has 29 heavy (non-hydrogen) atoms. The number of unbranched alkanes of at least 4 members (excludes halogenated alkanes) is 1. The van der Waals surface area contributed by atoms with Crippen LogP contribution in [-0.4, -0.2) is 6.36 Å². The average molecular weight is 411 g/mol. The fraction of sp³-hybridized carbons (Fsp3) is 0.760. The van der Waals surface area contributed by atoms with E-state index in [9.17, 15) is 13.2 Å². The smallest absolute Gasteiger partial charge is 0.406 e. The molecule has 0 atom stereocenters. The first-order chi connectivity index (χ1) is 13.9. The predicted octanol–water partition coefficient (Wildman–Crippen LogP) is 8.32. The summed E-state index contributed by atoms with van der Waals surface area (Å²) in [5.41, 5.74) is 1.10. The maximum Gasteiger partial charge on any atom is 0.573 e. The van der Waals surface area contributed by atoms with Gasteiger partial charge >= 0.3 is 6.36 Å². The van der Waals surface area contributed by atoms with Gasteiger partial charge in [-0.3, -0.25) is 0 Å². The first kappa shape index (κ1) is 22.5. The zero-order chi connectivity index (χ0) is 20.7. The SMILES string of the molecule is CCCCC1CCC(C2CCC(CCc3ccc(OC(F)(F)F)cc3)CC2)CC1. The molecular weight excluding hydrogens is 373 g/mol. The van der Waals surface area contributed by atoms with Crippen LogP contribution >= 0.6 is 0 Å². The quantitative estimate of drug-likeness (QED) is 0.418. The number of benzene rings is 1. The molecule has 0 bridgehead atoms. The Morgan fingerprint density at radius 1 is 0.793 bits per heavy atom. The van der Waals surface area contributed by atoms with E-state index in [-0.39, 0.29) is 5.75 Å². The molecule has 4 heteroatoms. The van der Waals surface area contributed by atoms with Crippen molar-refractivity contribution in [3.05, 3.63) is 29.8 Å². The van der Waals surface area contributed by atoms with Crippen LogP contribution in [0.5, 0.6) is 5.75 Å². The van der Waals surface area contributed by atoms with Crippen LogP contribution in [0.15, 0.2) is 24.3 Å². The van der Waals surface area contributed by atoms with Crippen LogP contribution in [0, 0.1) is 23.7 Å². The monoisotopic (exact) mass is 410 g/mol. The molecule has 0 aliphatic heterocycles. The molecule has 0 unspecified atom stereocenters. The Labute approximate surface area is 174 Å². The van der Waals surface area contributed by atoms with E-state index in [0.29, 0.717) is 0 Å². The van der Waals surface area contributed by atoms with Crippen molar-refractivity contribution >= 4 is 0 Å².